The molecule has 15 heteroatoms. The highest BCUT2D eigenvalue weighted by Gasteiger charge is 2.58. The van der Waals surface area contributed by atoms with Crippen molar-refractivity contribution < 1.29 is 31.5 Å². The lowest BCUT2D eigenvalue weighted by Crippen LogP contribution is -2.56. The second-order valence-electron chi connectivity index (χ2n) is 8.74. The van der Waals surface area contributed by atoms with Crippen molar-refractivity contribution in [2.75, 3.05) is 29.4 Å². The van der Waals surface area contributed by atoms with Gasteiger partial charge in [-0.05, 0) is 31.9 Å². The number of urea groups is 1. The summed E-state index contributed by atoms with van der Waals surface area (Å²) in [7, 11) is 0. The summed E-state index contributed by atoms with van der Waals surface area (Å²) in [6.45, 7) is 1.92. The Morgan fingerprint density at radius 1 is 1.05 bits per heavy atom. The number of pyridine rings is 1. The highest BCUT2D eigenvalue weighted by atomic mass is 19.4. The molecule has 3 aromatic rings. The van der Waals surface area contributed by atoms with Gasteiger partial charge in [0.15, 0.2) is 5.65 Å². The molecule has 196 valence electrons. The molecule has 2 saturated heterocycles. The molecule has 2 fully saturated rings. The summed E-state index contributed by atoms with van der Waals surface area (Å²) in [5, 5.41) is 3.91. The van der Waals surface area contributed by atoms with E-state index in [4.69, 9.17) is 0 Å². The van der Waals surface area contributed by atoms with E-state index in [1.165, 1.54) is 17.3 Å². The summed E-state index contributed by atoms with van der Waals surface area (Å²) >= 11 is 0. The van der Waals surface area contributed by atoms with Gasteiger partial charge in [0.05, 0.1) is 24.3 Å². The monoisotopic (exact) mass is 524 g/mol. The number of amides is 3. The molecule has 0 N–H and O–H groups in total. The van der Waals surface area contributed by atoms with Crippen LogP contribution in [0.15, 0.2) is 30.7 Å². The van der Waals surface area contributed by atoms with Crippen molar-refractivity contribution in [3.63, 3.8) is 0 Å². The summed E-state index contributed by atoms with van der Waals surface area (Å²) in [4.78, 5) is 42.9. The van der Waals surface area contributed by atoms with Gasteiger partial charge in [-0.25, -0.2) is 38.1 Å². The van der Waals surface area contributed by atoms with E-state index in [0.717, 1.165) is 27.9 Å². The third-order valence-corrected chi connectivity index (χ3v) is 6.71. The Bertz CT molecular complexity index is 1340. The molecule has 2 aliphatic rings. The van der Waals surface area contributed by atoms with Crippen LogP contribution in [0.4, 0.5) is 38.3 Å². The van der Waals surface area contributed by atoms with Crippen LogP contribution in [0.1, 0.15) is 25.5 Å². The van der Waals surface area contributed by atoms with E-state index in [1.807, 2.05) is 4.90 Å². The Balaban J connectivity index is 1.38. The van der Waals surface area contributed by atoms with Gasteiger partial charge >= 0.3 is 12.2 Å². The van der Waals surface area contributed by atoms with Gasteiger partial charge in [0.25, 0.3) is 12.3 Å². The zero-order valence-electron chi connectivity index (χ0n) is 19.5. The number of likely N-dealkylation sites (N-methyl/N-ethyl adjacent to an activating group) is 1. The van der Waals surface area contributed by atoms with E-state index in [2.05, 4.69) is 20.1 Å². The Hall–Kier alpha value is -3.91. The minimum atomic E-state index is -4.65. The number of aromatic nitrogens is 5. The van der Waals surface area contributed by atoms with Crippen molar-refractivity contribution in [3.05, 3.63) is 36.4 Å². The van der Waals surface area contributed by atoms with Crippen LogP contribution < -0.4 is 9.80 Å². The highest BCUT2D eigenvalue weighted by molar-refractivity contribution is 6.23. The second-order valence-corrected chi connectivity index (χ2v) is 8.74. The predicted molar refractivity (Wildman–Crippen MR) is 120 cm³/mol. The van der Waals surface area contributed by atoms with Crippen LogP contribution in [0.25, 0.3) is 11.2 Å². The Morgan fingerprint density at radius 2 is 1.78 bits per heavy atom. The first-order chi connectivity index (χ1) is 17.5. The SMILES string of the molecule is CCN1C(=O)N(c2ccc(C(F)(F)F)nc2)C(=O)C12CCN(c1cnc3cnn(CC(F)F)c3n1)CC2. The summed E-state index contributed by atoms with van der Waals surface area (Å²) in [6.07, 6.45) is -3.09. The zero-order chi connectivity index (χ0) is 26.5. The van der Waals surface area contributed by atoms with Gasteiger partial charge in [-0.2, -0.15) is 18.3 Å². The molecule has 10 nitrogen and oxygen atoms in total. The summed E-state index contributed by atoms with van der Waals surface area (Å²) in [5.41, 5.74) is -1.77. The number of hydrogen-bond acceptors (Lipinski definition) is 7. The zero-order valence-corrected chi connectivity index (χ0v) is 19.5. The first-order valence-corrected chi connectivity index (χ1v) is 11.5. The van der Waals surface area contributed by atoms with Crippen LogP contribution >= 0.6 is 0 Å². The minimum Gasteiger partial charge on any atom is -0.355 e. The molecule has 5 heterocycles. The predicted octanol–water partition coefficient (Wildman–Crippen LogP) is 3.33. The number of alkyl halides is 5. The highest BCUT2D eigenvalue weighted by Crippen LogP contribution is 2.40. The molecule has 0 atom stereocenters. The molecular weight excluding hydrogens is 503 g/mol. The van der Waals surface area contributed by atoms with Gasteiger partial charge in [-0.15, -0.1) is 0 Å². The van der Waals surface area contributed by atoms with Crippen molar-refractivity contribution in [2.24, 2.45) is 0 Å². The molecule has 0 aromatic carbocycles. The van der Waals surface area contributed by atoms with Crippen molar-refractivity contribution >= 4 is 34.6 Å². The van der Waals surface area contributed by atoms with Crippen LogP contribution in [0.2, 0.25) is 0 Å². The molecule has 37 heavy (non-hydrogen) atoms. The lowest BCUT2D eigenvalue weighted by Gasteiger charge is -2.42. The van der Waals surface area contributed by atoms with Crippen molar-refractivity contribution in [1.29, 1.82) is 0 Å². The van der Waals surface area contributed by atoms with E-state index in [1.54, 1.807) is 6.92 Å². The largest absolute Gasteiger partial charge is 0.433 e. The maximum absolute atomic E-state index is 13.6. The minimum absolute atomic E-state index is 0.0376. The fraction of sp³-hybridized carbons (Fsp3) is 0.455. The van der Waals surface area contributed by atoms with Gasteiger partial charge < -0.3 is 9.80 Å². The first-order valence-electron chi connectivity index (χ1n) is 11.5. The summed E-state index contributed by atoms with van der Waals surface area (Å²) < 4.78 is 65.5. The maximum Gasteiger partial charge on any atom is 0.433 e. The smallest absolute Gasteiger partial charge is 0.355 e. The molecule has 0 aliphatic carbocycles. The van der Waals surface area contributed by atoms with Crippen molar-refractivity contribution in [1.82, 2.24) is 29.6 Å². The number of rotatable bonds is 5. The van der Waals surface area contributed by atoms with Crippen LogP contribution in [0.3, 0.4) is 0 Å². The standard InChI is InChI=1S/C22H21F5N8O2/c1-2-33-20(37)35(13-3-4-15(29-9-13)22(25,26)27)19(36)21(33)5-7-32(8-6-21)17-11-28-14-10-30-34(12-16(23)24)18(14)31-17/h3-4,9-11,16H,2,5-8,12H2,1H3. The second kappa shape index (κ2) is 8.88. The van der Waals surface area contributed by atoms with Crippen LogP contribution in [0, 0.1) is 0 Å². The molecule has 0 bridgehead atoms. The van der Waals surface area contributed by atoms with Gasteiger partial charge in [0.1, 0.15) is 29.1 Å². The maximum atomic E-state index is 13.6. The molecule has 0 radical (unpaired) electrons. The van der Waals surface area contributed by atoms with E-state index >= 15 is 0 Å². The number of imide groups is 1. The third kappa shape index (κ3) is 4.11. The van der Waals surface area contributed by atoms with E-state index in [-0.39, 0.29) is 30.7 Å². The fourth-order valence-corrected chi connectivity index (χ4v) is 4.91. The quantitative estimate of drug-likeness (QED) is 0.373. The van der Waals surface area contributed by atoms with E-state index < -0.39 is 42.3 Å². The normalized spacial score (nSPS) is 18.2. The van der Waals surface area contributed by atoms with Gasteiger partial charge in [-0.1, -0.05) is 0 Å². The topological polar surface area (TPSA) is 100 Å². The molecule has 0 saturated carbocycles. The number of nitrogens with zero attached hydrogens (tertiary/aromatic N) is 8. The van der Waals surface area contributed by atoms with Crippen LogP contribution in [0.5, 0.6) is 0 Å². The van der Waals surface area contributed by atoms with Crippen LogP contribution in [-0.4, -0.2) is 73.2 Å². The van der Waals surface area contributed by atoms with Crippen molar-refractivity contribution in [3.8, 4) is 0 Å². The van der Waals surface area contributed by atoms with Gasteiger partial charge in [0, 0.05) is 19.6 Å². The number of hydrogen-bond donors (Lipinski definition) is 0. The summed E-state index contributed by atoms with van der Waals surface area (Å²) in [5.74, 6) is -0.112. The van der Waals surface area contributed by atoms with Crippen LogP contribution in [-0.2, 0) is 17.5 Å². The van der Waals surface area contributed by atoms with Gasteiger partial charge in [-0.3, -0.25) is 4.79 Å². The van der Waals surface area contributed by atoms with E-state index in [9.17, 15) is 31.5 Å². The molecular formula is C22H21F5N8O2. The van der Waals surface area contributed by atoms with E-state index in [0.29, 0.717) is 24.4 Å². The molecule has 3 amide bonds. The Labute approximate surface area is 206 Å². The number of halogens is 5. The molecule has 1 spiro atoms. The number of anilines is 2. The molecule has 2 aliphatic heterocycles. The Morgan fingerprint density at radius 3 is 2.38 bits per heavy atom. The lowest BCUT2D eigenvalue weighted by molar-refractivity contribution is -0.141. The molecule has 5 rings (SSSR count). The number of carbonyl (C=O) groups excluding carboxylic acids is 2. The third-order valence-electron chi connectivity index (χ3n) is 6.71. The lowest BCUT2D eigenvalue weighted by atomic mass is 9.85. The number of piperidine rings is 1. The average molecular weight is 524 g/mol. The fourth-order valence-electron chi connectivity index (χ4n) is 4.91. The number of carbonyl (C=O) groups is 2. The molecule has 3 aromatic heterocycles. The first kappa shape index (κ1) is 24.8. The van der Waals surface area contributed by atoms with Crippen molar-refractivity contribution in [2.45, 2.75) is 44.5 Å². The Kier molecular flexibility index (Phi) is 5.95. The van der Waals surface area contributed by atoms with Gasteiger partial charge in [0.2, 0.25) is 0 Å². The summed E-state index contributed by atoms with van der Waals surface area (Å²) in [6, 6.07) is 1.16. The number of fused-ring (bicyclic) bond motifs is 1. The molecule has 0 unspecified atom stereocenters. The average Bonchev–Trinajstić information content (AvgIpc) is 3.34.